The number of nitrogens with two attached hydrogens (primary N) is 1. The zero-order chi connectivity index (χ0) is 10.9. The van der Waals surface area contributed by atoms with E-state index in [4.69, 9.17) is 18.1 Å². The first kappa shape index (κ1) is 11.4. The fourth-order valence-corrected chi connectivity index (χ4v) is 1.44. The summed E-state index contributed by atoms with van der Waals surface area (Å²) in [6.45, 7) is 6.20. The highest BCUT2D eigenvalue weighted by Gasteiger charge is 2.32. The van der Waals surface area contributed by atoms with E-state index in [-0.39, 0.29) is 22.5 Å². The van der Waals surface area contributed by atoms with Gasteiger partial charge in [0.05, 0.1) is 0 Å². The summed E-state index contributed by atoms with van der Waals surface area (Å²) >= 11 is 4.81. The van der Waals surface area contributed by atoms with Gasteiger partial charge in [-0.2, -0.15) is 0 Å². The molecule has 1 aliphatic rings. The molecule has 1 unspecified atom stereocenters. The van der Waals surface area contributed by atoms with Gasteiger partial charge in [0.25, 0.3) is 5.91 Å². The minimum Gasteiger partial charge on any atom is -0.296 e. The Kier molecular flexibility index (Phi) is 3.08. The molecule has 1 heterocycles. The van der Waals surface area contributed by atoms with Gasteiger partial charge in [0, 0.05) is 0 Å². The smallest absolute Gasteiger partial charge is 0.262 e. The van der Waals surface area contributed by atoms with Crippen molar-refractivity contribution < 1.29 is 4.79 Å². The van der Waals surface area contributed by atoms with Gasteiger partial charge in [0.1, 0.15) is 6.04 Å². The quantitative estimate of drug-likeness (QED) is 0.324. The summed E-state index contributed by atoms with van der Waals surface area (Å²) in [6, 6.07) is -0.313. The van der Waals surface area contributed by atoms with Crippen molar-refractivity contribution >= 4 is 23.2 Å². The topological polar surface area (TPSA) is 70.4 Å². The van der Waals surface area contributed by atoms with Gasteiger partial charge in [0.2, 0.25) is 5.11 Å². The molecule has 80 valence electrons. The van der Waals surface area contributed by atoms with Crippen LogP contribution in [0.1, 0.15) is 27.2 Å². The number of hydrogen-bond acceptors (Lipinski definition) is 4. The van der Waals surface area contributed by atoms with E-state index in [1.165, 1.54) is 0 Å². The first-order chi connectivity index (χ1) is 6.31. The van der Waals surface area contributed by atoms with Gasteiger partial charge in [-0.25, -0.2) is 16.3 Å². The second kappa shape index (κ2) is 3.80. The second-order valence-electron chi connectivity index (χ2n) is 4.60. The molecule has 4 N–H and O–H groups in total. The van der Waals surface area contributed by atoms with E-state index in [1.54, 1.807) is 0 Å². The Hall–Kier alpha value is -0.720. The third-order valence-corrected chi connectivity index (χ3v) is 2.22. The molecule has 1 atom stereocenters. The van der Waals surface area contributed by atoms with Crippen LogP contribution in [0, 0.1) is 5.41 Å². The molecule has 0 aromatic carbocycles. The number of nitrogens with zero attached hydrogens (tertiary/aromatic N) is 1. The highest BCUT2D eigenvalue weighted by atomic mass is 32.1. The molecule has 1 rings (SSSR count). The molecular weight excluding hydrogens is 200 g/mol. The third kappa shape index (κ3) is 2.63. The van der Waals surface area contributed by atoms with Gasteiger partial charge in [-0.3, -0.25) is 10.2 Å². The molecule has 0 aromatic rings. The normalized spacial score (nSPS) is 23.7. The second-order valence-corrected chi connectivity index (χ2v) is 4.99. The van der Waals surface area contributed by atoms with Crippen molar-refractivity contribution in [1.29, 1.82) is 0 Å². The summed E-state index contributed by atoms with van der Waals surface area (Å²) in [7, 11) is 0. The van der Waals surface area contributed by atoms with Gasteiger partial charge in [-0.15, -0.1) is 0 Å². The van der Waals surface area contributed by atoms with E-state index in [9.17, 15) is 4.79 Å². The van der Waals surface area contributed by atoms with Gasteiger partial charge in [0.15, 0.2) is 0 Å². The van der Waals surface area contributed by atoms with Crippen LogP contribution in [0.15, 0.2) is 0 Å². The van der Waals surface area contributed by atoms with Crippen LogP contribution in [-0.2, 0) is 4.79 Å². The molecule has 0 saturated carbocycles. The molecule has 5 nitrogen and oxygen atoms in total. The number of amides is 1. The molecule has 0 aliphatic carbocycles. The van der Waals surface area contributed by atoms with Gasteiger partial charge in [-0.1, -0.05) is 20.8 Å². The SMILES string of the molecule is CC(C)(C)CC1NNC(=S)N(N)C1=O. The molecule has 6 heteroatoms. The lowest BCUT2D eigenvalue weighted by atomic mass is 9.88. The Bertz CT molecular complexity index is 261. The van der Waals surface area contributed by atoms with E-state index in [0.29, 0.717) is 6.42 Å². The Labute approximate surface area is 88.9 Å². The minimum atomic E-state index is -0.313. The molecular formula is C8H16N4OS. The molecule has 0 aromatic heterocycles. The number of rotatable bonds is 1. The van der Waals surface area contributed by atoms with Gasteiger partial charge >= 0.3 is 0 Å². The van der Waals surface area contributed by atoms with E-state index in [2.05, 4.69) is 31.6 Å². The van der Waals surface area contributed by atoms with E-state index >= 15 is 0 Å². The fourth-order valence-electron chi connectivity index (χ4n) is 1.29. The van der Waals surface area contributed by atoms with Crippen molar-refractivity contribution in [2.24, 2.45) is 11.3 Å². The maximum Gasteiger partial charge on any atom is 0.262 e. The maximum absolute atomic E-state index is 11.6. The lowest BCUT2D eigenvalue weighted by molar-refractivity contribution is -0.132. The number of nitrogens with one attached hydrogen (secondary N) is 2. The van der Waals surface area contributed by atoms with Crippen LogP contribution >= 0.6 is 12.2 Å². The highest BCUT2D eigenvalue weighted by Crippen LogP contribution is 2.21. The summed E-state index contributed by atoms with van der Waals surface area (Å²) in [5, 5.41) is 1.18. The Morgan fingerprint density at radius 3 is 2.64 bits per heavy atom. The van der Waals surface area contributed by atoms with Crippen molar-refractivity contribution in [1.82, 2.24) is 15.9 Å². The highest BCUT2D eigenvalue weighted by molar-refractivity contribution is 7.80. The largest absolute Gasteiger partial charge is 0.296 e. The average molecular weight is 216 g/mol. The summed E-state index contributed by atoms with van der Waals surface area (Å²) in [5.41, 5.74) is 5.60. The predicted octanol–water partition coefficient (Wildman–Crippen LogP) is -0.114. The van der Waals surface area contributed by atoms with E-state index in [0.717, 1.165) is 5.01 Å². The van der Waals surface area contributed by atoms with Crippen LogP contribution < -0.4 is 16.7 Å². The molecule has 14 heavy (non-hydrogen) atoms. The van der Waals surface area contributed by atoms with Crippen LogP contribution in [0.5, 0.6) is 0 Å². The number of hydrazine groups is 2. The summed E-state index contributed by atoms with van der Waals surface area (Å²) in [5.74, 6) is 5.28. The zero-order valence-corrected chi connectivity index (χ0v) is 9.44. The van der Waals surface area contributed by atoms with Crippen molar-refractivity contribution in [3.8, 4) is 0 Å². The summed E-state index contributed by atoms with van der Waals surface area (Å²) in [6.07, 6.45) is 0.704. The van der Waals surface area contributed by atoms with E-state index < -0.39 is 0 Å². The van der Waals surface area contributed by atoms with Gasteiger partial charge < -0.3 is 0 Å². The Balaban J connectivity index is 2.65. The maximum atomic E-state index is 11.6. The summed E-state index contributed by atoms with van der Waals surface area (Å²) < 4.78 is 0. The van der Waals surface area contributed by atoms with Gasteiger partial charge in [-0.05, 0) is 24.1 Å². The van der Waals surface area contributed by atoms with Crippen LogP contribution in [0.4, 0.5) is 0 Å². The number of carbonyl (C=O) groups is 1. The standard InChI is InChI=1S/C8H16N4OS/c1-8(2,3)4-5-6(13)12(9)7(14)11-10-5/h5,10H,4,9H2,1-3H3,(H,11,14). The number of thiocarbonyl (C=S) groups is 1. The molecule has 1 amide bonds. The molecule has 0 radical (unpaired) electrons. The number of hydrogen-bond donors (Lipinski definition) is 3. The van der Waals surface area contributed by atoms with Crippen molar-refractivity contribution in [2.75, 3.05) is 0 Å². The van der Waals surface area contributed by atoms with Crippen molar-refractivity contribution in [3.63, 3.8) is 0 Å². The van der Waals surface area contributed by atoms with Crippen molar-refractivity contribution in [3.05, 3.63) is 0 Å². The monoisotopic (exact) mass is 216 g/mol. The molecule has 0 spiro atoms. The zero-order valence-electron chi connectivity index (χ0n) is 8.63. The lowest BCUT2D eigenvalue weighted by Gasteiger charge is -2.34. The average Bonchev–Trinajstić information content (AvgIpc) is 2.04. The minimum absolute atomic E-state index is 0.0643. The van der Waals surface area contributed by atoms with E-state index in [1.807, 2.05) is 0 Å². The molecule has 0 bridgehead atoms. The molecule has 1 saturated heterocycles. The predicted molar refractivity (Wildman–Crippen MR) is 57.8 cm³/mol. The molecule has 1 aliphatic heterocycles. The van der Waals surface area contributed by atoms with Crippen LogP contribution in [0.25, 0.3) is 0 Å². The van der Waals surface area contributed by atoms with Crippen molar-refractivity contribution in [2.45, 2.75) is 33.2 Å². The van der Waals surface area contributed by atoms with Crippen LogP contribution in [-0.4, -0.2) is 22.1 Å². The van der Waals surface area contributed by atoms with Crippen LogP contribution in [0.3, 0.4) is 0 Å². The number of carbonyl (C=O) groups excluding carboxylic acids is 1. The Morgan fingerprint density at radius 2 is 2.14 bits per heavy atom. The van der Waals surface area contributed by atoms with Crippen LogP contribution in [0.2, 0.25) is 0 Å². The Morgan fingerprint density at radius 1 is 1.57 bits per heavy atom. The first-order valence-corrected chi connectivity index (χ1v) is 4.86. The molecule has 1 fully saturated rings. The first-order valence-electron chi connectivity index (χ1n) is 4.45. The fraction of sp³-hybridized carbons (Fsp3) is 0.750. The third-order valence-electron chi connectivity index (χ3n) is 1.92. The lowest BCUT2D eigenvalue weighted by Crippen LogP contribution is -2.66. The summed E-state index contributed by atoms with van der Waals surface area (Å²) in [4.78, 5) is 11.6.